The molecular formula is C20H15N3O. The van der Waals surface area contributed by atoms with E-state index >= 15 is 0 Å². The zero-order chi connectivity index (χ0) is 16.4. The monoisotopic (exact) mass is 313 g/mol. The molecule has 0 aliphatic heterocycles. The number of phenols is 1. The number of fused-ring (bicyclic) bond motifs is 2. The minimum Gasteiger partial charge on any atom is -0.507 e. The SMILES string of the molecule is Oc1c(/C=N\Nc2cccc3cccnc23)ccc2ccccc12. The molecule has 0 atom stereocenters. The van der Waals surface area contributed by atoms with E-state index in [4.69, 9.17) is 0 Å². The number of nitrogens with one attached hydrogen (secondary N) is 1. The highest BCUT2D eigenvalue weighted by molar-refractivity contribution is 5.97. The Bertz CT molecular complexity index is 1050. The summed E-state index contributed by atoms with van der Waals surface area (Å²) in [5.41, 5.74) is 5.35. The molecule has 0 spiro atoms. The lowest BCUT2D eigenvalue weighted by atomic mass is 10.1. The number of rotatable bonds is 3. The van der Waals surface area contributed by atoms with Crippen molar-refractivity contribution in [2.24, 2.45) is 5.10 Å². The third-order valence-corrected chi connectivity index (χ3v) is 3.95. The number of pyridine rings is 1. The summed E-state index contributed by atoms with van der Waals surface area (Å²) in [5.74, 6) is 0.231. The maximum Gasteiger partial charge on any atom is 0.132 e. The topological polar surface area (TPSA) is 57.5 Å². The summed E-state index contributed by atoms with van der Waals surface area (Å²) in [6.07, 6.45) is 3.37. The molecule has 0 saturated carbocycles. The van der Waals surface area contributed by atoms with Gasteiger partial charge >= 0.3 is 0 Å². The fraction of sp³-hybridized carbons (Fsp3) is 0. The van der Waals surface area contributed by atoms with Crippen molar-refractivity contribution in [2.45, 2.75) is 0 Å². The van der Waals surface area contributed by atoms with E-state index in [0.717, 1.165) is 27.4 Å². The van der Waals surface area contributed by atoms with Crippen LogP contribution in [0.3, 0.4) is 0 Å². The minimum atomic E-state index is 0.231. The normalized spacial score (nSPS) is 11.3. The van der Waals surface area contributed by atoms with Crippen molar-refractivity contribution in [2.75, 3.05) is 5.43 Å². The molecule has 4 nitrogen and oxygen atoms in total. The van der Waals surface area contributed by atoms with Crippen molar-refractivity contribution in [3.8, 4) is 5.75 Å². The number of aromatic nitrogens is 1. The van der Waals surface area contributed by atoms with Crippen molar-refractivity contribution >= 4 is 33.6 Å². The van der Waals surface area contributed by atoms with Gasteiger partial charge in [-0.15, -0.1) is 0 Å². The van der Waals surface area contributed by atoms with Gasteiger partial charge in [-0.25, -0.2) is 0 Å². The molecule has 0 aliphatic rings. The molecule has 0 radical (unpaired) electrons. The van der Waals surface area contributed by atoms with Crippen LogP contribution in [0, 0.1) is 0 Å². The highest BCUT2D eigenvalue weighted by Gasteiger charge is 2.04. The molecule has 0 amide bonds. The summed E-state index contributed by atoms with van der Waals surface area (Å²) in [5, 5.41) is 17.5. The van der Waals surface area contributed by atoms with Crippen molar-refractivity contribution in [1.29, 1.82) is 0 Å². The van der Waals surface area contributed by atoms with Gasteiger partial charge in [0.15, 0.2) is 0 Å². The number of hydrogen-bond donors (Lipinski definition) is 2. The number of benzene rings is 3. The van der Waals surface area contributed by atoms with Crippen LogP contribution in [0.2, 0.25) is 0 Å². The first-order valence-electron chi connectivity index (χ1n) is 7.66. The van der Waals surface area contributed by atoms with Gasteiger partial charge in [0.2, 0.25) is 0 Å². The largest absolute Gasteiger partial charge is 0.507 e. The van der Waals surface area contributed by atoms with E-state index in [9.17, 15) is 5.11 Å². The van der Waals surface area contributed by atoms with E-state index in [2.05, 4.69) is 15.5 Å². The Morgan fingerprint density at radius 3 is 2.67 bits per heavy atom. The smallest absolute Gasteiger partial charge is 0.132 e. The Kier molecular flexibility index (Phi) is 3.56. The number of anilines is 1. The molecular weight excluding hydrogens is 298 g/mol. The van der Waals surface area contributed by atoms with Crippen LogP contribution >= 0.6 is 0 Å². The van der Waals surface area contributed by atoms with Crippen LogP contribution in [0.15, 0.2) is 78.0 Å². The Morgan fingerprint density at radius 2 is 1.71 bits per heavy atom. The van der Waals surface area contributed by atoms with Crippen molar-refractivity contribution < 1.29 is 5.11 Å². The molecule has 4 heteroatoms. The second-order valence-corrected chi connectivity index (χ2v) is 5.48. The number of aromatic hydroxyl groups is 1. The number of hydrazone groups is 1. The van der Waals surface area contributed by atoms with Gasteiger partial charge in [-0.3, -0.25) is 10.4 Å². The highest BCUT2D eigenvalue weighted by Crippen LogP contribution is 2.27. The van der Waals surface area contributed by atoms with Gasteiger partial charge in [0.25, 0.3) is 0 Å². The van der Waals surface area contributed by atoms with Gasteiger partial charge in [-0.1, -0.05) is 48.5 Å². The summed E-state index contributed by atoms with van der Waals surface area (Å²) in [6, 6.07) is 21.3. The molecule has 1 heterocycles. The third kappa shape index (κ3) is 2.54. The molecule has 3 aromatic carbocycles. The molecule has 116 valence electrons. The molecule has 0 bridgehead atoms. The molecule has 4 aromatic rings. The van der Waals surface area contributed by atoms with Crippen LogP contribution in [-0.2, 0) is 0 Å². The number of para-hydroxylation sites is 1. The van der Waals surface area contributed by atoms with E-state index in [1.807, 2.05) is 66.7 Å². The quantitative estimate of drug-likeness (QED) is 0.431. The first-order valence-corrected chi connectivity index (χ1v) is 7.66. The summed E-state index contributed by atoms with van der Waals surface area (Å²) < 4.78 is 0. The molecule has 1 aromatic heterocycles. The van der Waals surface area contributed by atoms with Crippen molar-refractivity contribution in [3.05, 3.63) is 78.5 Å². The van der Waals surface area contributed by atoms with Crippen molar-refractivity contribution in [1.82, 2.24) is 4.98 Å². The Morgan fingerprint density at radius 1 is 0.875 bits per heavy atom. The van der Waals surface area contributed by atoms with Crippen LogP contribution in [0.4, 0.5) is 5.69 Å². The van der Waals surface area contributed by atoms with E-state index in [-0.39, 0.29) is 5.75 Å². The van der Waals surface area contributed by atoms with Gasteiger partial charge in [-0.2, -0.15) is 5.10 Å². The first kappa shape index (κ1) is 14.2. The average molecular weight is 313 g/mol. The summed E-state index contributed by atoms with van der Waals surface area (Å²) in [7, 11) is 0. The van der Waals surface area contributed by atoms with Crippen LogP contribution in [0.1, 0.15) is 5.56 Å². The molecule has 0 fully saturated rings. The van der Waals surface area contributed by atoms with E-state index in [0.29, 0.717) is 5.56 Å². The summed E-state index contributed by atoms with van der Waals surface area (Å²) in [6.45, 7) is 0. The molecule has 0 aliphatic carbocycles. The van der Waals surface area contributed by atoms with Crippen LogP contribution in [0.25, 0.3) is 21.7 Å². The fourth-order valence-electron chi connectivity index (χ4n) is 2.74. The van der Waals surface area contributed by atoms with Gasteiger partial charge in [0.1, 0.15) is 5.75 Å². The predicted octanol–water partition coefficient (Wildman–Crippen LogP) is 4.54. The zero-order valence-corrected chi connectivity index (χ0v) is 12.8. The first-order chi connectivity index (χ1) is 11.8. The number of hydrogen-bond acceptors (Lipinski definition) is 4. The summed E-state index contributed by atoms with van der Waals surface area (Å²) in [4.78, 5) is 4.38. The third-order valence-electron chi connectivity index (χ3n) is 3.95. The zero-order valence-electron chi connectivity index (χ0n) is 12.8. The molecule has 2 N–H and O–H groups in total. The molecule has 24 heavy (non-hydrogen) atoms. The van der Waals surface area contributed by atoms with Crippen LogP contribution < -0.4 is 5.43 Å². The lowest BCUT2D eigenvalue weighted by molar-refractivity contribution is 0.481. The second kappa shape index (κ2) is 6.01. The molecule has 0 saturated heterocycles. The van der Waals surface area contributed by atoms with Crippen molar-refractivity contribution in [3.63, 3.8) is 0 Å². The highest BCUT2D eigenvalue weighted by atomic mass is 16.3. The maximum absolute atomic E-state index is 10.4. The standard InChI is InChI=1S/C20H15N3O/c24-20-16(11-10-14-5-1-2-8-17(14)20)13-22-23-18-9-3-6-15-7-4-12-21-19(15)18/h1-13,23-24H/b22-13-. The van der Waals surface area contributed by atoms with Gasteiger partial charge < -0.3 is 5.11 Å². The lowest BCUT2D eigenvalue weighted by Gasteiger charge is -2.06. The minimum absolute atomic E-state index is 0.231. The maximum atomic E-state index is 10.4. The van der Waals surface area contributed by atoms with Crippen LogP contribution in [-0.4, -0.2) is 16.3 Å². The molecule has 4 rings (SSSR count). The predicted molar refractivity (Wildman–Crippen MR) is 98.6 cm³/mol. The average Bonchev–Trinajstić information content (AvgIpc) is 2.64. The van der Waals surface area contributed by atoms with E-state index < -0.39 is 0 Å². The van der Waals surface area contributed by atoms with Gasteiger partial charge in [0.05, 0.1) is 17.4 Å². The molecule has 0 unspecified atom stereocenters. The fourth-order valence-corrected chi connectivity index (χ4v) is 2.74. The van der Waals surface area contributed by atoms with Gasteiger partial charge in [0, 0.05) is 22.5 Å². The van der Waals surface area contributed by atoms with E-state index in [1.54, 1.807) is 12.4 Å². The van der Waals surface area contributed by atoms with E-state index in [1.165, 1.54) is 0 Å². The Labute approximate surface area is 139 Å². The number of phenolic OH excluding ortho intramolecular Hbond substituents is 1. The Balaban J connectivity index is 1.65. The number of nitrogens with zero attached hydrogens (tertiary/aromatic N) is 2. The van der Waals surface area contributed by atoms with Gasteiger partial charge in [-0.05, 0) is 23.6 Å². The summed E-state index contributed by atoms with van der Waals surface area (Å²) >= 11 is 0. The van der Waals surface area contributed by atoms with Crippen LogP contribution in [0.5, 0.6) is 5.75 Å². The lowest BCUT2D eigenvalue weighted by Crippen LogP contribution is -1.93. The second-order valence-electron chi connectivity index (χ2n) is 5.48. The Hall–Kier alpha value is -3.40.